The van der Waals surface area contributed by atoms with Crippen LogP contribution < -0.4 is 16.5 Å². The van der Waals surface area contributed by atoms with Crippen LogP contribution in [-0.4, -0.2) is 34.2 Å². The van der Waals surface area contributed by atoms with E-state index in [1.165, 1.54) is 0 Å². The minimum atomic E-state index is -0.502. The molecule has 168 valence electrons. The van der Waals surface area contributed by atoms with Crippen LogP contribution in [-0.2, 0) is 11.4 Å². The standard InChI is InChI=1S/C24H22ClN5O3/c25-19-13-17(4-5-18(19)24(32)30-33-11-10-31)22-8-6-20(26)23(29-22)28-14-15-3-7-21-16(12-15)2-1-9-27-21/h1-9,12-13,31H,10-11,14,26H2,(H,28,29)(H,30,32). The Labute approximate surface area is 195 Å². The van der Waals surface area contributed by atoms with Crippen LogP contribution in [0.25, 0.3) is 22.2 Å². The molecule has 0 saturated carbocycles. The van der Waals surface area contributed by atoms with Gasteiger partial charge in [-0.1, -0.05) is 29.8 Å². The third kappa shape index (κ3) is 5.38. The van der Waals surface area contributed by atoms with Gasteiger partial charge in [0.25, 0.3) is 5.91 Å². The number of hydrogen-bond donors (Lipinski definition) is 4. The highest BCUT2D eigenvalue weighted by molar-refractivity contribution is 6.34. The van der Waals surface area contributed by atoms with Gasteiger partial charge in [-0.2, -0.15) is 0 Å². The quantitative estimate of drug-likeness (QED) is 0.231. The van der Waals surface area contributed by atoms with Gasteiger partial charge in [0.05, 0.1) is 40.7 Å². The minimum Gasteiger partial charge on any atom is -0.396 e. The molecule has 0 aliphatic heterocycles. The number of fused-ring (bicyclic) bond motifs is 1. The minimum absolute atomic E-state index is 0.0112. The summed E-state index contributed by atoms with van der Waals surface area (Å²) < 4.78 is 0. The molecule has 2 aromatic carbocycles. The molecule has 0 bridgehead atoms. The van der Waals surface area contributed by atoms with Crippen molar-refractivity contribution in [1.29, 1.82) is 0 Å². The number of carbonyl (C=O) groups excluding carboxylic acids is 1. The Morgan fingerprint density at radius 1 is 1.12 bits per heavy atom. The summed E-state index contributed by atoms with van der Waals surface area (Å²) in [6.07, 6.45) is 1.77. The molecule has 0 radical (unpaired) electrons. The fourth-order valence-corrected chi connectivity index (χ4v) is 3.54. The van der Waals surface area contributed by atoms with Gasteiger partial charge in [0.1, 0.15) is 5.82 Å². The van der Waals surface area contributed by atoms with E-state index in [9.17, 15) is 4.79 Å². The molecule has 4 rings (SSSR count). The van der Waals surface area contributed by atoms with E-state index >= 15 is 0 Å². The molecular formula is C24H22ClN5O3. The molecule has 33 heavy (non-hydrogen) atoms. The first-order valence-electron chi connectivity index (χ1n) is 10.2. The van der Waals surface area contributed by atoms with E-state index in [0.29, 0.717) is 23.7 Å². The van der Waals surface area contributed by atoms with Gasteiger partial charge in [0.15, 0.2) is 0 Å². The predicted molar refractivity (Wildman–Crippen MR) is 129 cm³/mol. The Kier molecular flexibility index (Phi) is 6.99. The fourth-order valence-electron chi connectivity index (χ4n) is 3.27. The smallest absolute Gasteiger partial charge is 0.276 e. The number of amides is 1. The van der Waals surface area contributed by atoms with Gasteiger partial charge < -0.3 is 16.2 Å². The molecule has 0 unspecified atom stereocenters. The number of nitrogens with two attached hydrogens (primary N) is 1. The first-order chi connectivity index (χ1) is 16.0. The van der Waals surface area contributed by atoms with E-state index in [0.717, 1.165) is 22.0 Å². The molecule has 5 N–H and O–H groups in total. The largest absolute Gasteiger partial charge is 0.396 e. The van der Waals surface area contributed by atoms with Crippen molar-refractivity contribution < 1.29 is 14.7 Å². The zero-order valence-electron chi connectivity index (χ0n) is 17.6. The van der Waals surface area contributed by atoms with Gasteiger partial charge in [-0.05, 0) is 48.0 Å². The van der Waals surface area contributed by atoms with Crippen molar-refractivity contribution in [2.45, 2.75) is 6.54 Å². The molecule has 9 heteroatoms. The SMILES string of the molecule is Nc1ccc(-c2ccc(C(=O)NOCCO)c(Cl)c2)nc1NCc1ccc2ncccc2c1. The van der Waals surface area contributed by atoms with Crippen molar-refractivity contribution in [3.63, 3.8) is 0 Å². The molecule has 0 saturated heterocycles. The molecule has 2 aromatic heterocycles. The summed E-state index contributed by atoms with van der Waals surface area (Å²) in [5.74, 6) is 0.0485. The number of halogens is 1. The summed E-state index contributed by atoms with van der Waals surface area (Å²) in [6, 6.07) is 18.5. The topological polar surface area (TPSA) is 122 Å². The average Bonchev–Trinajstić information content (AvgIpc) is 2.83. The maximum absolute atomic E-state index is 12.1. The normalized spacial score (nSPS) is 10.8. The summed E-state index contributed by atoms with van der Waals surface area (Å²) in [4.78, 5) is 26.0. The second-order valence-electron chi connectivity index (χ2n) is 7.22. The van der Waals surface area contributed by atoms with Crippen LogP contribution in [0, 0.1) is 0 Å². The number of nitrogens with zero attached hydrogens (tertiary/aromatic N) is 2. The van der Waals surface area contributed by atoms with Gasteiger partial charge in [0, 0.05) is 23.7 Å². The zero-order valence-corrected chi connectivity index (χ0v) is 18.3. The summed E-state index contributed by atoms with van der Waals surface area (Å²) in [5.41, 5.74) is 12.5. The number of hydroxylamine groups is 1. The van der Waals surface area contributed by atoms with Crippen molar-refractivity contribution in [3.8, 4) is 11.3 Å². The van der Waals surface area contributed by atoms with Crippen LogP contribution >= 0.6 is 11.6 Å². The van der Waals surface area contributed by atoms with Crippen molar-refractivity contribution >= 4 is 39.9 Å². The molecular weight excluding hydrogens is 442 g/mol. The number of carbonyl (C=O) groups is 1. The molecule has 2 heterocycles. The number of aromatic nitrogens is 2. The lowest BCUT2D eigenvalue weighted by atomic mass is 10.1. The fraction of sp³-hybridized carbons (Fsp3) is 0.125. The van der Waals surface area contributed by atoms with Crippen LogP contribution in [0.4, 0.5) is 11.5 Å². The van der Waals surface area contributed by atoms with Crippen LogP contribution in [0.2, 0.25) is 5.02 Å². The third-order valence-corrected chi connectivity index (χ3v) is 5.23. The Morgan fingerprint density at radius 3 is 2.82 bits per heavy atom. The molecule has 0 fully saturated rings. The summed E-state index contributed by atoms with van der Waals surface area (Å²) in [7, 11) is 0. The Morgan fingerprint density at radius 2 is 2.00 bits per heavy atom. The van der Waals surface area contributed by atoms with Crippen molar-refractivity contribution in [2.24, 2.45) is 0 Å². The Balaban J connectivity index is 1.50. The van der Waals surface area contributed by atoms with E-state index < -0.39 is 5.91 Å². The number of pyridine rings is 2. The maximum atomic E-state index is 12.1. The lowest BCUT2D eigenvalue weighted by Crippen LogP contribution is -2.25. The van der Waals surface area contributed by atoms with Gasteiger partial charge in [-0.3, -0.25) is 14.6 Å². The number of benzene rings is 2. The number of anilines is 2. The Hall–Kier alpha value is -3.72. The first-order valence-corrected chi connectivity index (χ1v) is 10.6. The first kappa shape index (κ1) is 22.5. The van der Waals surface area contributed by atoms with Crippen molar-refractivity contribution in [3.05, 3.63) is 83.0 Å². The van der Waals surface area contributed by atoms with Crippen LogP contribution in [0.3, 0.4) is 0 Å². The maximum Gasteiger partial charge on any atom is 0.276 e. The molecule has 8 nitrogen and oxygen atoms in total. The average molecular weight is 464 g/mol. The second kappa shape index (κ2) is 10.3. The van der Waals surface area contributed by atoms with Gasteiger partial charge in [0.2, 0.25) is 0 Å². The highest BCUT2D eigenvalue weighted by Gasteiger charge is 2.13. The molecule has 0 atom stereocenters. The number of rotatable bonds is 8. The van der Waals surface area contributed by atoms with Crippen molar-refractivity contribution in [1.82, 2.24) is 15.4 Å². The molecule has 0 aliphatic carbocycles. The number of nitrogens with one attached hydrogen (secondary N) is 2. The number of nitrogen functional groups attached to an aromatic ring is 1. The van der Waals surface area contributed by atoms with Crippen molar-refractivity contribution in [2.75, 3.05) is 24.3 Å². The van der Waals surface area contributed by atoms with E-state index in [1.807, 2.05) is 24.3 Å². The van der Waals surface area contributed by atoms with Crippen LogP contribution in [0.1, 0.15) is 15.9 Å². The summed E-state index contributed by atoms with van der Waals surface area (Å²) >= 11 is 6.31. The number of hydrogen-bond acceptors (Lipinski definition) is 7. The van der Waals surface area contributed by atoms with Crippen LogP contribution in [0.5, 0.6) is 0 Å². The molecule has 4 aromatic rings. The molecule has 0 aliphatic rings. The van der Waals surface area contributed by atoms with E-state index in [-0.39, 0.29) is 23.8 Å². The highest BCUT2D eigenvalue weighted by Crippen LogP contribution is 2.28. The highest BCUT2D eigenvalue weighted by atomic mass is 35.5. The summed E-state index contributed by atoms with van der Waals surface area (Å²) in [5, 5.41) is 13.3. The molecule has 1 amide bonds. The number of aliphatic hydroxyl groups is 1. The predicted octanol–water partition coefficient (Wildman–Crippen LogP) is 3.80. The Bertz CT molecular complexity index is 1300. The van der Waals surface area contributed by atoms with Gasteiger partial charge in [-0.15, -0.1) is 0 Å². The second-order valence-corrected chi connectivity index (χ2v) is 7.62. The van der Waals surface area contributed by atoms with Gasteiger partial charge >= 0.3 is 0 Å². The van der Waals surface area contributed by atoms with E-state index in [4.69, 9.17) is 27.3 Å². The lowest BCUT2D eigenvalue weighted by molar-refractivity contribution is 0.0168. The van der Waals surface area contributed by atoms with E-state index in [1.54, 1.807) is 36.5 Å². The third-order valence-electron chi connectivity index (χ3n) is 4.92. The monoisotopic (exact) mass is 463 g/mol. The van der Waals surface area contributed by atoms with Gasteiger partial charge in [-0.25, -0.2) is 10.5 Å². The lowest BCUT2D eigenvalue weighted by Gasteiger charge is -2.12. The molecule has 0 spiro atoms. The zero-order chi connectivity index (χ0) is 23.2. The van der Waals surface area contributed by atoms with Crippen LogP contribution in [0.15, 0.2) is 66.9 Å². The summed E-state index contributed by atoms with van der Waals surface area (Å²) in [6.45, 7) is 0.325. The number of aliphatic hydroxyl groups excluding tert-OH is 1. The van der Waals surface area contributed by atoms with E-state index in [2.05, 4.69) is 26.8 Å².